The summed E-state index contributed by atoms with van der Waals surface area (Å²) in [5.41, 5.74) is 0.638. The fourth-order valence-corrected chi connectivity index (χ4v) is 2.81. The van der Waals surface area contributed by atoms with E-state index in [-0.39, 0.29) is 17.8 Å². The first kappa shape index (κ1) is 18.3. The maximum Gasteiger partial charge on any atom is 0.309 e. The zero-order chi connectivity index (χ0) is 17.4. The van der Waals surface area contributed by atoms with E-state index in [1.165, 1.54) is 0 Å². The second kappa shape index (κ2) is 9.30. The smallest absolute Gasteiger partial charge is 0.309 e. The number of ether oxygens (including phenoxy) is 2. The molecular formula is C19H27NO4. The number of piperidine rings is 1. The molecule has 2 rings (SSSR count). The summed E-state index contributed by atoms with van der Waals surface area (Å²) in [6.45, 7) is 6.17. The Morgan fingerprint density at radius 3 is 2.62 bits per heavy atom. The minimum Gasteiger partial charge on any atom is -0.494 e. The summed E-state index contributed by atoms with van der Waals surface area (Å²) in [7, 11) is 0. The molecule has 0 bridgehead atoms. The fourth-order valence-electron chi connectivity index (χ4n) is 2.81. The van der Waals surface area contributed by atoms with E-state index in [9.17, 15) is 9.59 Å². The Kier molecular flexibility index (Phi) is 7.09. The molecule has 1 amide bonds. The van der Waals surface area contributed by atoms with E-state index in [0.717, 1.165) is 18.6 Å². The van der Waals surface area contributed by atoms with E-state index in [2.05, 4.69) is 6.92 Å². The van der Waals surface area contributed by atoms with E-state index in [1.54, 1.807) is 11.0 Å². The molecule has 132 valence electrons. The van der Waals surface area contributed by atoms with Crippen LogP contribution >= 0.6 is 0 Å². The maximum absolute atomic E-state index is 12.6. The Bertz CT molecular complexity index is 550. The highest BCUT2D eigenvalue weighted by Gasteiger charge is 2.28. The van der Waals surface area contributed by atoms with Gasteiger partial charge in [-0.05, 0) is 44.4 Å². The first-order valence-corrected chi connectivity index (χ1v) is 8.84. The molecule has 1 saturated heterocycles. The zero-order valence-corrected chi connectivity index (χ0v) is 14.6. The molecule has 1 fully saturated rings. The Hall–Kier alpha value is -2.04. The van der Waals surface area contributed by atoms with Crippen LogP contribution in [0.3, 0.4) is 0 Å². The minimum atomic E-state index is -0.143. The highest BCUT2D eigenvalue weighted by atomic mass is 16.5. The van der Waals surface area contributed by atoms with Crippen LogP contribution < -0.4 is 4.74 Å². The van der Waals surface area contributed by atoms with Gasteiger partial charge in [0.2, 0.25) is 0 Å². The third-order valence-corrected chi connectivity index (χ3v) is 4.25. The molecule has 0 aliphatic carbocycles. The molecule has 0 spiro atoms. The van der Waals surface area contributed by atoms with Gasteiger partial charge in [-0.3, -0.25) is 9.59 Å². The number of hydrogen-bond donors (Lipinski definition) is 0. The van der Waals surface area contributed by atoms with Crippen molar-refractivity contribution in [3.63, 3.8) is 0 Å². The molecule has 1 aliphatic rings. The molecule has 0 N–H and O–H groups in total. The molecular weight excluding hydrogens is 306 g/mol. The fraction of sp³-hybridized carbons (Fsp3) is 0.579. The first-order valence-electron chi connectivity index (χ1n) is 8.84. The zero-order valence-electron chi connectivity index (χ0n) is 14.6. The van der Waals surface area contributed by atoms with Crippen LogP contribution in [0.5, 0.6) is 5.75 Å². The largest absolute Gasteiger partial charge is 0.494 e. The molecule has 1 heterocycles. The number of unbranched alkanes of at least 4 members (excludes halogenated alkanes) is 1. The van der Waals surface area contributed by atoms with Crippen molar-refractivity contribution in [2.75, 3.05) is 26.3 Å². The molecule has 1 aromatic rings. The van der Waals surface area contributed by atoms with E-state index in [4.69, 9.17) is 9.47 Å². The van der Waals surface area contributed by atoms with Gasteiger partial charge >= 0.3 is 5.97 Å². The normalized spacial score (nSPS) is 15.2. The Morgan fingerprint density at radius 1 is 1.21 bits per heavy atom. The summed E-state index contributed by atoms with van der Waals surface area (Å²) in [4.78, 5) is 26.2. The van der Waals surface area contributed by atoms with Crippen LogP contribution in [0.25, 0.3) is 0 Å². The number of esters is 1. The van der Waals surface area contributed by atoms with Crippen LogP contribution in [-0.2, 0) is 9.53 Å². The van der Waals surface area contributed by atoms with Crippen molar-refractivity contribution in [3.05, 3.63) is 29.8 Å². The van der Waals surface area contributed by atoms with Crippen molar-refractivity contribution in [1.82, 2.24) is 4.90 Å². The van der Waals surface area contributed by atoms with Crippen LogP contribution in [0.15, 0.2) is 24.3 Å². The van der Waals surface area contributed by atoms with Crippen molar-refractivity contribution in [3.8, 4) is 5.75 Å². The lowest BCUT2D eigenvalue weighted by Gasteiger charge is -2.31. The predicted molar refractivity (Wildman–Crippen MR) is 92.1 cm³/mol. The summed E-state index contributed by atoms with van der Waals surface area (Å²) < 4.78 is 10.7. The molecule has 5 heteroatoms. The van der Waals surface area contributed by atoms with E-state index in [0.29, 0.717) is 44.7 Å². The van der Waals surface area contributed by atoms with Crippen molar-refractivity contribution in [2.45, 2.75) is 39.5 Å². The highest BCUT2D eigenvalue weighted by Crippen LogP contribution is 2.22. The number of likely N-dealkylation sites (tertiary alicyclic amines) is 1. The number of rotatable bonds is 7. The van der Waals surface area contributed by atoms with Gasteiger partial charge in [0.25, 0.3) is 5.91 Å². The standard InChI is InChI=1S/C19H27NO4/c1-3-5-13-24-17-8-6-7-16(14-17)18(21)20-11-9-15(10-12-20)19(22)23-4-2/h6-8,14-15H,3-5,9-13H2,1-2H3. The number of amides is 1. The average molecular weight is 333 g/mol. The Balaban J connectivity index is 1.90. The topological polar surface area (TPSA) is 55.8 Å². The molecule has 1 aromatic carbocycles. The third-order valence-electron chi connectivity index (χ3n) is 4.25. The van der Waals surface area contributed by atoms with Crippen molar-refractivity contribution < 1.29 is 19.1 Å². The van der Waals surface area contributed by atoms with Crippen molar-refractivity contribution >= 4 is 11.9 Å². The van der Waals surface area contributed by atoms with Crippen LogP contribution in [0.1, 0.15) is 49.9 Å². The number of carbonyl (C=O) groups excluding carboxylic acids is 2. The lowest BCUT2D eigenvalue weighted by atomic mass is 9.96. The van der Waals surface area contributed by atoms with Gasteiger partial charge < -0.3 is 14.4 Å². The molecule has 1 aliphatic heterocycles. The summed E-state index contributed by atoms with van der Waals surface area (Å²) in [5.74, 6) is 0.502. The van der Waals surface area contributed by atoms with E-state index >= 15 is 0 Å². The van der Waals surface area contributed by atoms with Crippen molar-refractivity contribution in [1.29, 1.82) is 0 Å². The highest BCUT2D eigenvalue weighted by molar-refractivity contribution is 5.94. The minimum absolute atomic E-state index is 0.00162. The van der Waals surface area contributed by atoms with Crippen LogP contribution in [-0.4, -0.2) is 43.1 Å². The van der Waals surface area contributed by atoms with Crippen LogP contribution in [0.4, 0.5) is 0 Å². The lowest BCUT2D eigenvalue weighted by molar-refractivity contribution is -0.149. The second-order valence-electron chi connectivity index (χ2n) is 6.05. The third kappa shape index (κ3) is 4.98. The number of nitrogens with zero attached hydrogens (tertiary/aromatic N) is 1. The Morgan fingerprint density at radius 2 is 1.96 bits per heavy atom. The van der Waals surface area contributed by atoms with Gasteiger partial charge in [0.1, 0.15) is 5.75 Å². The van der Waals surface area contributed by atoms with E-state index in [1.807, 2.05) is 25.1 Å². The van der Waals surface area contributed by atoms with Gasteiger partial charge in [-0.2, -0.15) is 0 Å². The number of benzene rings is 1. The second-order valence-corrected chi connectivity index (χ2v) is 6.05. The summed E-state index contributed by atoms with van der Waals surface area (Å²) >= 11 is 0. The molecule has 0 aromatic heterocycles. The number of hydrogen-bond acceptors (Lipinski definition) is 4. The van der Waals surface area contributed by atoms with Crippen molar-refractivity contribution in [2.24, 2.45) is 5.92 Å². The summed E-state index contributed by atoms with van der Waals surface area (Å²) in [6.07, 6.45) is 3.40. The van der Waals surface area contributed by atoms with Gasteiger partial charge in [0, 0.05) is 18.7 Å². The molecule has 0 radical (unpaired) electrons. The lowest BCUT2D eigenvalue weighted by Crippen LogP contribution is -2.40. The van der Waals surface area contributed by atoms with Crippen LogP contribution in [0.2, 0.25) is 0 Å². The first-order chi connectivity index (χ1) is 11.7. The average Bonchev–Trinajstić information content (AvgIpc) is 2.62. The molecule has 0 saturated carbocycles. The number of carbonyl (C=O) groups is 2. The van der Waals surface area contributed by atoms with Gasteiger partial charge in [0.05, 0.1) is 19.1 Å². The van der Waals surface area contributed by atoms with Gasteiger partial charge in [-0.1, -0.05) is 19.4 Å². The monoisotopic (exact) mass is 333 g/mol. The summed E-state index contributed by atoms with van der Waals surface area (Å²) in [6, 6.07) is 7.33. The van der Waals surface area contributed by atoms with Gasteiger partial charge in [0.15, 0.2) is 0 Å². The molecule has 24 heavy (non-hydrogen) atoms. The van der Waals surface area contributed by atoms with E-state index < -0.39 is 0 Å². The SMILES string of the molecule is CCCCOc1cccc(C(=O)N2CCC(C(=O)OCC)CC2)c1. The quantitative estimate of drug-likeness (QED) is 0.567. The predicted octanol–water partition coefficient (Wildman–Crippen LogP) is 3.28. The molecule has 0 atom stereocenters. The van der Waals surface area contributed by atoms with Gasteiger partial charge in [-0.15, -0.1) is 0 Å². The summed E-state index contributed by atoms with van der Waals surface area (Å²) in [5, 5.41) is 0. The Labute approximate surface area is 143 Å². The molecule has 0 unspecified atom stereocenters. The maximum atomic E-state index is 12.6. The van der Waals surface area contributed by atoms with Crippen LogP contribution in [0, 0.1) is 5.92 Å². The molecule has 5 nitrogen and oxygen atoms in total. The van der Waals surface area contributed by atoms with Gasteiger partial charge in [-0.25, -0.2) is 0 Å².